The topological polar surface area (TPSA) is 32.8 Å². The van der Waals surface area contributed by atoms with Crippen molar-refractivity contribution in [2.75, 3.05) is 41.0 Å². The Bertz CT molecular complexity index is 227. The normalized spacial score (nSPS) is 20.3. The highest BCUT2D eigenvalue weighted by Gasteiger charge is 2.30. The molecule has 0 spiro atoms. The lowest BCUT2D eigenvalue weighted by Crippen LogP contribution is -2.40. The van der Waals surface area contributed by atoms with Crippen LogP contribution < -0.4 is 0 Å². The first-order valence-corrected chi connectivity index (χ1v) is 9.05. The maximum Gasteiger partial charge on any atom is 0.269 e. The van der Waals surface area contributed by atoms with E-state index in [4.69, 9.17) is 4.52 Å². The highest BCUT2D eigenvalue weighted by Crippen LogP contribution is 2.47. The molecule has 0 aromatic rings. The SMILES string of the molecule is CC.CC.COP(C)(=O)N1CCC(N(C)C)CC1. The number of hydrogen-bond donors (Lipinski definition) is 0. The van der Waals surface area contributed by atoms with Crippen molar-refractivity contribution < 1.29 is 9.09 Å². The minimum absolute atomic E-state index is 0.628. The van der Waals surface area contributed by atoms with Crippen LogP contribution in [-0.2, 0) is 9.09 Å². The Morgan fingerprint density at radius 1 is 1.11 bits per heavy atom. The fourth-order valence-electron chi connectivity index (χ4n) is 1.85. The quantitative estimate of drug-likeness (QED) is 0.740. The number of hydrogen-bond acceptors (Lipinski definition) is 3. The van der Waals surface area contributed by atoms with E-state index in [0.29, 0.717) is 6.04 Å². The standard InChI is InChI=1S/C9H21N2O2P.2C2H6/c1-10(2)9-5-7-11(8-6-9)14(4,12)13-3;2*1-2/h9H,5-8H2,1-4H3;2*1-2H3. The number of rotatable bonds is 3. The molecule has 112 valence electrons. The van der Waals surface area contributed by atoms with Gasteiger partial charge in [0.2, 0.25) is 0 Å². The van der Waals surface area contributed by atoms with Crippen LogP contribution in [0.4, 0.5) is 0 Å². The third-order valence-corrected chi connectivity index (χ3v) is 5.13. The highest BCUT2D eigenvalue weighted by molar-refractivity contribution is 7.55. The Morgan fingerprint density at radius 3 is 1.78 bits per heavy atom. The van der Waals surface area contributed by atoms with Crippen LogP contribution in [0.2, 0.25) is 0 Å². The summed E-state index contributed by atoms with van der Waals surface area (Å²) in [5.74, 6) is 0. The van der Waals surface area contributed by atoms with Gasteiger partial charge in [-0.1, -0.05) is 27.7 Å². The largest absolute Gasteiger partial charge is 0.321 e. The molecule has 1 aliphatic heterocycles. The van der Waals surface area contributed by atoms with Crippen LogP contribution in [0.25, 0.3) is 0 Å². The van der Waals surface area contributed by atoms with Gasteiger partial charge in [-0.3, -0.25) is 4.57 Å². The molecule has 1 saturated heterocycles. The van der Waals surface area contributed by atoms with Crippen molar-refractivity contribution in [3.8, 4) is 0 Å². The first kappa shape index (κ1) is 20.4. The second-order valence-corrected chi connectivity index (χ2v) is 6.67. The Hall–Kier alpha value is 0.110. The molecule has 1 rings (SSSR count). The molecular weight excluding hydrogens is 247 g/mol. The third kappa shape index (κ3) is 6.89. The monoisotopic (exact) mass is 280 g/mol. The molecular formula is C13H33N2O2P. The van der Waals surface area contributed by atoms with Gasteiger partial charge in [0, 0.05) is 32.9 Å². The molecule has 1 fully saturated rings. The first-order valence-electron chi connectivity index (χ1n) is 7.02. The van der Waals surface area contributed by atoms with E-state index in [1.807, 2.05) is 32.4 Å². The summed E-state index contributed by atoms with van der Waals surface area (Å²) in [5.41, 5.74) is 0. The summed E-state index contributed by atoms with van der Waals surface area (Å²) in [4.78, 5) is 2.24. The van der Waals surface area contributed by atoms with Crippen molar-refractivity contribution in [3.63, 3.8) is 0 Å². The van der Waals surface area contributed by atoms with Gasteiger partial charge in [-0.15, -0.1) is 0 Å². The lowest BCUT2D eigenvalue weighted by molar-refractivity contribution is 0.183. The summed E-state index contributed by atoms with van der Waals surface area (Å²) in [7, 11) is 3.23. The predicted octanol–water partition coefficient (Wildman–Crippen LogP) is 3.53. The van der Waals surface area contributed by atoms with E-state index in [9.17, 15) is 4.57 Å². The zero-order valence-electron chi connectivity index (χ0n) is 13.6. The molecule has 18 heavy (non-hydrogen) atoms. The molecule has 0 saturated carbocycles. The Kier molecular flexibility index (Phi) is 12.5. The van der Waals surface area contributed by atoms with Gasteiger partial charge in [0.15, 0.2) is 0 Å². The van der Waals surface area contributed by atoms with Gasteiger partial charge in [0.05, 0.1) is 0 Å². The van der Waals surface area contributed by atoms with E-state index < -0.39 is 7.52 Å². The highest BCUT2D eigenvalue weighted by atomic mass is 31.2. The molecule has 0 aromatic heterocycles. The zero-order valence-corrected chi connectivity index (χ0v) is 14.5. The van der Waals surface area contributed by atoms with E-state index in [-0.39, 0.29) is 0 Å². The van der Waals surface area contributed by atoms with E-state index in [2.05, 4.69) is 19.0 Å². The van der Waals surface area contributed by atoms with Gasteiger partial charge in [0.25, 0.3) is 7.52 Å². The van der Waals surface area contributed by atoms with Crippen LogP contribution in [0, 0.1) is 0 Å². The molecule has 0 aliphatic carbocycles. The molecule has 1 aliphatic rings. The predicted molar refractivity (Wildman–Crippen MR) is 81.5 cm³/mol. The van der Waals surface area contributed by atoms with E-state index >= 15 is 0 Å². The molecule has 4 nitrogen and oxygen atoms in total. The van der Waals surface area contributed by atoms with Gasteiger partial charge in [-0.05, 0) is 26.9 Å². The Balaban J connectivity index is 0. The van der Waals surface area contributed by atoms with Crippen LogP contribution in [0.3, 0.4) is 0 Å². The number of piperidine rings is 1. The molecule has 0 bridgehead atoms. The van der Waals surface area contributed by atoms with E-state index in [1.165, 1.54) is 7.11 Å². The van der Waals surface area contributed by atoms with Crippen LogP contribution in [0.15, 0.2) is 0 Å². The molecule has 1 heterocycles. The van der Waals surface area contributed by atoms with Gasteiger partial charge in [0.1, 0.15) is 0 Å². The molecule has 0 amide bonds. The van der Waals surface area contributed by atoms with Crippen molar-refractivity contribution in [1.29, 1.82) is 0 Å². The van der Waals surface area contributed by atoms with Crippen LogP contribution in [0.1, 0.15) is 40.5 Å². The van der Waals surface area contributed by atoms with Gasteiger partial charge in [-0.25, -0.2) is 4.67 Å². The Labute approximate surface area is 114 Å². The summed E-state index contributed by atoms with van der Waals surface area (Å²) in [6.45, 7) is 11.5. The van der Waals surface area contributed by atoms with Gasteiger partial charge in [-0.2, -0.15) is 0 Å². The lowest BCUT2D eigenvalue weighted by atomic mass is 10.1. The van der Waals surface area contributed by atoms with Crippen LogP contribution in [0.5, 0.6) is 0 Å². The average Bonchev–Trinajstić information content (AvgIpc) is 2.43. The maximum atomic E-state index is 11.9. The first-order chi connectivity index (χ1) is 8.47. The molecule has 5 heteroatoms. The summed E-state index contributed by atoms with van der Waals surface area (Å²) in [6, 6.07) is 0.628. The minimum atomic E-state index is -2.49. The summed E-state index contributed by atoms with van der Waals surface area (Å²) in [6.07, 6.45) is 2.16. The van der Waals surface area contributed by atoms with Crippen molar-refractivity contribution in [2.24, 2.45) is 0 Å². The Morgan fingerprint density at radius 2 is 1.50 bits per heavy atom. The summed E-state index contributed by atoms with van der Waals surface area (Å²) < 4.78 is 18.9. The van der Waals surface area contributed by atoms with Crippen molar-refractivity contribution in [1.82, 2.24) is 9.57 Å². The van der Waals surface area contributed by atoms with E-state index in [0.717, 1.165) is 25.9 Å². The molecule has 1 atom stereocenters. The molecule has 0 N–H and O–H groups in total. The lowest BCUT2D eigenvalue weighted by Gasteiger charge is -2.37. The smallest absolute Gasteiger partial charge is 0.269 e. The minimum Gasteiger partial charge on any atom is -0.321 e. The third-order valence-electron chi connectivity index (χ3n) is 3.02. The van der Waals surface area contributed by atoms with Crippen molar-refractivity contribution >= 4 is 7.52 Å². The summed E-state index contributed by atoms with van der Waals surface area (Å²) in [5, 5.41) is 0. The fraction of sp³-hybridized carbons (Fsp3) is 1.00. The molecule has 0 radical (unpaired) electrons. The van der Waals surface area contributed by atoms with Crippen LogP contribution in [-0.4, -0.2) is 56.6 Å². The van der Waals surface area contributed by atoms with Crippen molar-refractivity contribution in [2.45, 2.75) is 46.6 Å². The van der Waals surface area contributed by atoms with Gasteiger partial charge >= 0.3 is 0 Å². The maximum absolute atomic E-state index is 11.9. The van der Waals surface area contributed by atoms with Gasteiger partial charge < -0.3 is 9.42 Å². The average molecular weight is 280 g/mol. The fourth-order valence-corrected chi connectivity index (χ4v) is 3.04. The zero-order chi connectivity index (χ0) is 14.8. The van der Waals surface area contributed by atoms with Crippen LogP contribution >= 0.6 is 7.52 Å². The summed E-state index contributed by atoms with van der Waals surface area (Å²) >= 11 is 0. The second kappa shape index (κ2) is 11.0. The second-order valence-electron chi connectivity index (χ2n) is 4.13. The van der Waals surface area contributed by atoms with E-state index in [1.54, 1.807) is 6.66 Å². The number of nitrogens with zero attached hydrogens (tertiary/aromatic N) is 2. The van der Waals surface area contributed by atoms with Crippen molar-refractivity contribution in [3.05, 3.63) is 0 Å². The molecule has 1 unspecified atom stereocenters. The molecule has 0 aromatic carbocycles.